The minimum absolute atomic E-state index is 0.372. The molecule has 9 heteroatoms. The molecule has 1 atom stereocenters. The molecule has 1 N–H and O–H groups in total. The van der Waals surface area contributed by atoms with E-state index in [2.05, 4.69) is 27.1 Å². The van der Waals surface area contributed by atoms with Crippen molar-refractivity contribution in [1.82, 2.24) is 15.1 Å². The zero-order valence-electron chi connectivity index (χ0n) is 16.1. The minimum Gasteiger partial charge on any atom is -0.496 e. The zero-order chi connectivity index (χ0) is 20.3. The Kier molecular flexibility index (Phi) is 5.34. The minimum atomic E-state index is -0.619. The number of nitrogens with zero attached hydrogens (tertiary/aromatic N) is 4. The largest absolute Gasteiger partial charge is 0.496 e. The molecular weight excluding hydrogens is 365 g/mol. The number of methoxy groups -OCH3 is 1. The van der Waals surface area contributed by atoms with Gasteiger partial charge in [0, 0.05) is 11.8 Å². The van der Waals surface area contributed by atoms with Crippen molar-refractivity contribution in [2.24, 2.45) is 10.1 Å². The van der Waals surface area contributed by atoms with Gasteiger partial charge in [-0.3, -0.25) is 0 Å². The molecule has 1 aliphatic rings. The van der Waals surface area contributed by atoms with Crippen LogP contribution in [0.15, 0.2) is 41.1 Å². The van der Waals surface area contributed by atoms with Crippen LogP contribution < -0.4 is 10.1 Å². The molecule has 0 radical (unpaired) electrons. The maximum Gasteiger partial charge on any atom is 0.203 e. The lowest BCUT2D eigenvalue weighted by molar-refractivity contribution is -0.00234. The van der Waals surface area contributed by atoms with Crippen molar-refractivity contribution in [1.29, 1.82) is 0 Å². The number of aliphatic imine (C=N–C) groups is 1. The van der Waals surface area contributed by atoms with Gasteiger partial charge in [-0.2, -0.15) is 5.10 Å². The third-order valence-electron chi connectivity index (χ3n) is 4.05. The quantitative estimate of drug-likeness (QED) is 0.580. The number of hydrogen-bond donors (Lipinski definition) is 1. The molecule has 0 aliphatic carbocycles. The molecule has 0 amide bonds. The molecule has 148 valence electrons. The normalized spacial score (nSPS) is 16.2. The fraction of sp³-hybridized carbons (Fsp3) is 0.316. The molecule has 8 nitrogen and oxygen atoms in total. The van der Waals surface area contributed by atoms with Gasteiger partial charge in [-0.15, -0.1) is 0 Å². The molecule has 0 bridgehead atoms. The number of aromatic nitrogens is 2. The molecule has 0 unspecified atom stereocenters. The highest BCUT2D eigenvalue weighted by Crippen LogP contribution is 2.28. The zero-order valence-corrected chi connectivity index (χ0v) is 16.1. The van der Waals surface area contributed by atoms with Crippen LogP contribution in [0.5, 0.6) is 5.75 Å². The van der Waals surface area contributed by atoms with Gasteiger partial charge in [0.05, 0.1) is 18.9 Å². The van der Waals surface area contributed by atoms with Crippen molar-refractivity contribution in [2.75, 3.05) is 7.11 Å². The van der Waals surface area contributed by atoms with E-state index in [4.69, 9.17) is 14.3 Å². The Balaban J connectivity index is 1.80. The van der Waals surface area contributed by atoms with E-state index in [1.165, 1.54) is 36.5 Å². The van der Waals surface area contributed by atoms with E-state index >= 15 is 0 Å². The van der Waals surface area contributed by atoms with E-state index < -0.39 is 11.8 Å². The van der Waals surface area contributed by atoms with Crippen LogP contribution >= 0.6 is 0 Å². The van der Waals surface area contributed by atoms with E-state index in [1.807, 2.05) is 13.8 Å². The topological polar surface area (TPSA) is 82.3 Å². The summed E-state index contributed by atoms with van der Waals surface area (Å²) in [4.78, 5) is 9.67. The SMILES string of the molecule is C=Cn1ncc(C2=NOC(C)(C)N2)c1/N=C/O[C@H](C)c1cc(F)ccc1OC. The lowest BCUT2D eigenvalue weighted by Crippen LogP contribution is -2.38. The summed E-state index contributed by atoms with van der Waals surface area (Å²) in [5.41, 5.74) is 0.579. The van der Waals surface area contributed by atoms with E-state index in [0.29, 0.717) is 28.5 Å². The fourth-order valence-electron chi connectivity index (χ4n) is 2.66. The van der Waals surface area contributed by atoms with Gasteiger partial charge in [0.1, 0.15) is 17.7 Å². The standard InChI is InChI=1S/C19H22FN5O3/c1-6-25-18(15(10-22-25)17-23-19(3,4)28-24-17)21-11-27-12(2)14-9-13(20)7-8-16(14)26-5/h6-12H,1H2,2-5H3,(H,23,24)/b21-11+/t12-/m1/s1. The molecule has 3 rings (SSSR count). The molecule has 2 heterocycles. The van der Waals surface area contributed by atoms with Gasteiger partial charge in [0.15, 0.2) is 18.1 Å². The predicted octanol–water partition coefficient (Wildman–Crippen LogP) is 3.59. The van der Waals surface area contributed by atoms with Crippen molar-refractivity contribution in [3.63, 3.8) is 0 Å². The molecule has 0 saturated heterocycles. The number of amidine groups is 1. The number of nitrogens with one attached hydrogen (secondary N) is 1. The summed E-state index contributed by atoms with van der Waals surface area (Å²) in [6, 6.07) is 4.25. The lowest BCUT2D eigenvalue weighted by Gasteiger charge is -2.16. The summed E-state index contributed by atoms with van der Waals surface area (Å²) < 4.78 is 26.0. The Morgan fingerprint density at radius 3 is 2.86 bits per heavy atom. The summed E-state index contributed by atoms with van der Waals surface area (Å²) in [5.74, 6) is 1.12. The third-order valence-corrected chi connectivity index (χ3v) is 4.05. The van der Waals surface area contributed by atoms with Crippen LogP contribution in [0, 0.1) is 5.82 Å². The number of rotatable bonds is 7. The monoisotopic (exact) mass is 387 g/mol. The van der Waals surface area contributed by atoms with Crippen molar-refractivity contribution in [3.05, 3.63) is 47.9 Å². The Morgan fingerprint density at radius 2 is 2.21 bits per heavy atom. The molecular formula is C19H22FN5O3. The molecule has 2 aromatic rings. The highest BCUT2D eigenvalue weighted by atomic mass is 19.1. The van der Waals surface area contributed by atoms with Crippen molar-refractivity contribution in [2.45, 2.75) is 32.6 Å². The van der Waals surface area contributed by atoms with Crippen molar-refractivity contribution in [3.8, 4) is 5.75 Å². The average molecular weight is 387 g/mol. The van der Waals surface area contributed by atoms with Gasteiger partial charge in [-0.1, -0.05) is 11.7 Å². The van der Waals surface area contributed by atoms with Gasteiger partial charge < -0.3 is 19.6 Å². The average Bonchev–Trinajstić information content (AvgIpc) is 3.23. The second-order valence-electron chi connectivity index (χ2n) is 6.57. The molecule has 1 aromatic heterocycles. The Morgan fingerprint density at radius 1 is 1.43 bits per heavy atom. The van der Waals surface area contributed by atoms with Crippen LogP contribution in [0.2, 0.25) is 0 Å². The fourth-order valence-corrected chi connectivity index (χ4v) is 2.66. The van der Waals surface area contributed by atoms with Crippen LogP contribution in [0.25, 0.3) is 6.20 Å². The highest BCUT2D eigenvalue weighted by molar-refractivity contribution is 6.03. The Bertz CT molecular complexity index is 936. The lowest BCUT2D eigenvalue weighted by atomic mass is 10.1. The summed E-state index contributed by atoms with van der Waals surface area (Å²) in [5, 5.41) is 11.4. The number of benzene rings is 1. The highest BCUT2D eigenvalue weighted by Gasteiger charge is 2.30. The summed E-state index contributed by atoms with van der Waals surface area (Å²) in [7, 11) is 1.52. The summed E-state index contributed by atoms with van der Waals surface area (Å²) in [6.07, 6.45) is 3.90. The second-order valence-corrected chi connectivity index (χ2v) is 6.57. The van der Waals surface area contributed by atoms with Crippen LogP contribution in [0.3, 0.4) is 0 Å². The maximum absolute atomic E-state index is 13.6. The van der Waals surface area contributed by atoms with Crippen LogP contribution in [0.1, 0.15) is 38.0 Å². The van der Waals surface area contributed by atoms with Crippen LogP contribution in [0.4, 0.5) is 10.2 Å². The van der Waals surface area contributed by atoms with E-state index in [-0.39, 0.29) is 5.82 Å². The van der Waals surface area contributed by atoms with Gasteiger partial charge in [0.2, 0.25) is 5.72 Å². The molecule has 0 spiro atoms. The number of hydrogen-bond acceptors (Lipinski definition) is 7. The van der Waals surface area contributed by atoms with Gasteiger partial charge in [-0.25, -0.2) is 14.1 Å². The third kappa shape index (κ3) is 3.98. The summed E-state index contributed by atoms with van der Waals surface area (Å²) >= 11 is 0. The number of oxime groups is 1. The maximum atomic E-state index is 13.6. The van der Waals surface area contributed by atoms with E-state index in [0.717, 1.165) is 0 Å². The van der Waals surface area contributed by atoms with E-state index in [9.17, 15) is 4.39 Å². The van der Waals surface area contributed by atoms with Crippen molar-refractivity contribution >= 4 is 24.3 Å². The second kappa shape index (κ2) is 7.71. The predicted molar refractivity (Wildman–Crippen MR) is 104 cm³/mol. The number of halogens is 1. The summed E-state index contributed by atoms with van der Waals surface area (Å²) in [6.45, 7) is 9.19. The van der Waals surface area contributed by atoms with Crippen LogP contribution in [-0.2, 0) is 9.57 Å². The molecule has 1 aromatic carbocycles. The van der Waals surface area contributed by atoms with E-state index in [1.54, 1.807) is 19.2 Å². The van der Waals surface area contributed by atoms with Gasteiger partial charge >= 0.3 is 0 Å². The van der Waals surface area contributed by atoms with Gasteiger partial charge in [-0.05, 0) is 39.0 Å². The first-order valence-corrected chi connectivity index (χ1v) is 8.61. The molecule has 0 fully saturated rings. The number of ether oxygens (including phenoxy) is 2. The van der Waals surface area contributed by atoms with Crippen molar-refractivity contribution < 1.29 is 18.7 Å². The Hall–Kier alpha value is -3.36. The smallest absolute Gasteiger partial charge is 0.203 e. The van der Waals surface area contributed by atoms with Gasteiger partial charge in [0.25, 0.3) is 0 Å². The first-order chi connectivity index (χ1) is 13.3. The first kappa shape index (κ1) is 19.4. The Labute approximate surface area is 162 Å². The molecule has 1 aliphatic heterocycles. The first-order valence-electron chi connectivity index (χ1n) is 8.61. The van der Waals surface area contributed by atoms with Crippen LogP contribution in [-0.4, -0.2) is 34.9 Å². The molecule has 0 saturated carbocycles. The molecule has 28 heavy (non-hydrogen) atoms.